The van der Waals surface area contributed by atoms with Crippen LogP contribution in [0.1, 0.15) is 38.3 Å². The van der Waals surface area contributed by atoms with Gasteiger partial charge < -0.3 is 9.30 Å². The zero-order valence-corrected chi connectivity index (χ0v) is 15.5. The molecule has 2 aromatic heterocycles. The number of hydrogen-bond acceptors (Lipinski definition) is 5. The molecule has 0 saturated carbocycles. The predicted molar refractivity (Wildman–Crippen MR) is 98.4 cm³/mol. The molecule has 136 valence electrons. The number of rotatable bonds is 5. The van der Waals surface area contributed by atoms with Crippen LogP contribution in [-0.2, 0) is 19.4 Å². The van der Waals surface area contributed by atoms with E-state index in [2.05, 4.69) is 28.6 Å². The average Bonchev–Trinajstić information content (AvgIpc) is 3.25. The standard InChI is InChI=1S/C19H24N6O/c1-13(2)12-16-20-18(19-22-21-17-10-6-7-11-24(17)19)25(23-16)14-8-4-5-9-15(14)26-3/h4-5,8-9,13H,6-7,10-12H2,1-3H3. The van der Waals surface area contributed by atoms with Gasteiger partial charge in [0, 0.05) is 19.4 Å². The monoisotopic (exact) mass is 352 g/mol. The molecular formula is C19H24N6O. The molecule has 0 amide bonds. The van der Waals surface area contributed by atoms with E-state index in [-0.39, 0.29) is 0 Å². The number of benzene rings is 1. The molecule has 0 bridgehead atoms. The van der Waals surface area contributed by atoms with Crippen LogP contribution in [0, 0.1) is 5.92 Å². The molecule has 0 spiro atoms. The minimum absolute atomic E-state index is 0.476. The molecule has 1 aliphatic heterocycles. The van der Waals surface area contributed by atoms with Crippen molar-refractivity contribution in [1.29, 1.82) is 0 Å². The molecule has 4 rings (SSSR count). The van der Waals surface area contributed by atoms with E-state index in [9.17, 15) is 0 Å². The zero-order chi connectivity index (χ0) is 18.1. The van der Waals surface area contributed by atoms with Crippen LogP contribution < -0.4 is 4.74 Å². The Morgan fingerprint density at radius 3 is 2.77 bits per heavy atom. The maximum Gasteiger partial charge on any atom is 0.202 e. The third kappa shape index (κ3) is 2.98. The first-order valence-electron chi connectivity index (χ1n) is 9.19. The molecule has 1 aliphatic rings. The summed E-state index contributed by atoms with van der Waals surface area (Å²) in [6.07, 6.45) is 4.08. The molecule has 3 aromatic rings. The van der Waals surface area contributed by atoms with Crippen molar-refractivity contribution in [3.05, 3.63) is 35.9 Å². The van der Waals surface area contributed by atoms with E-state index >= 15 is 0 Å². The van der Waals surface area contributed by atoms with Crippen LogP contribution in [0.15, 0.2) is 24.3 Å². The van der Waals surface area contributed by atoms with E-state index in [0.29, 0.717) is 5.92 Å². The van der Waals surface area contributed by atoms with Crippen molar-refractivity contribution in [2.24, 2.45) is 5.92 Å². The average molecular weight is 352 g/mol. The third-order valence-corrected chi connectivity index (χ3v) is 4.61. The zero-order valence-electron chi connectivity index (χ0n) is 15.5. The Kier molecular flexibility index (Phi) is 4.44. The van der Waals surface area contributed by atoms with E-state index in [0.717, 1.165) is 67.0 Å². The molecular weight excluding hydrogens is 328 g/mol. The highest BCUT2D eigenvalue weighted by molar-refractivity contribution is 5.54. The first-order chi connectivity index (χ1) is 12.7. The topological polar surface area (TPSA) is 70.7 Å². The highest BCUT2D eigenvalue weighted by atomic mass is 16.5. The molecule has 0 N–H and O–H groups in total. The minimum atomic E-state index is 0.476. The number of nitrogens with zero attached hydrogens (tertiary/aromatic N) is 6. The van der Waals surface area contributed by atoms with Gasteiger partial charge in [0.15, 0.2) is 5.82 Å². The molecule has 7 heteroatoms. The fraction of sp³-hybridized carbons (Fsp3) is 0.474. The summed E-state index contributed by atoms with van der Waals surface area (Å²) in [7, 11) is 1.67. The van der Waals surface area contributed by atoms with Gasteiger partial charge in [-0.25, -0.2) is 9.67 Å². The van der Waals surface area contributed by atoms with Gasteiger partial charge in [-0.1, -0.05) is 26.0 Å². The molecule has 3 heterocycles. The summed E-state index contributed by atoms with van der Waals surface area (Å²) in [5.74, 6) is 4.59. The van der Waals surface area contributed by atoms with Crippen LogP contribution in [0.2, 0.25) is 0 Å². The predicted octanol–water partition coefficient (Wildman–Crippen LogP) is 3.07. The second kappa shape index (κ2) is 6.90. The van der Waals surface area contributed by atoms with Crippen molar-refractivity contribution in [3.63, 3.8) is 0 Å². The van der Waals surface area contributed by atoms with Gasteiger partial charge in [0.2, 0.25) is 11.6 Å². The molecule has 7 nitrogen and oxygen atoms in total. The van der Waals surface area contributed by atoms with Crippen LogP contribution in [0.4, 0.5) is 0 Å². The maximum atomic E-state index is 5.54. The van der Waals surface area contributed by atoms with Gasteiger partial charge in [0.05, 0.1) is 7.11 Å². The highest BCUT2D eigenvalue weighted by Crippen LogP contribution is 2.28. The van der Waals surface area contributed by atoms with Crippen LogP contribution >= 0.6 is 0 Å². The smallest absolute Gasteiger partial charge is 0.202 e. The normalized spacial score (nSPS) is 13.8. The summed E-state index contributed by atoms with van der Waals surface area (Å²) in [4.78, 5) is 4.83. The van der Waals surface area contributed by atoms with Crippen molar-refractivity contribution >= 4 is 0 Å². The lowest BCUT2D eigenvalue weighted by molar-refractivity contribution is 0.411. The van der Waals surface area contributed by atoms with E-state index in [4.69, 9.17) is 14.8 Å². The Morgan fingerprint density at radius 2 is 1.96 bits per heavy atom. The molecule has 0 aliphatic carbocycles. The molecule has 0 unspecified atom stereocenters. The number of ether oxygens (including phenoxy) is 1. The van der Waals surface area contributed by atoms with E-state index in [1.807, 2.05) is 28.9 Å². The summed E-state index contributed by atoms with van der Waals surface area (Å²) >= 11 is 0. The van der Waals surface area contributed by atoms with Gasteiger partial charge in [0.1, 0.15) is 17.3 Å². The number of aryl methyl sites for hydroxylation is 1. The lowest BCUT2D eigenvalue weighted by atomic mass is 10.1. The van der Waals surface area contributed by atoms with E-state index in [1.165, 1.54) is 0 Å². The molecule has 0 atom stereocenters. The number of para-hydroxylation sites is 2. The highest BCUT2D eigenvalue weighted by Gasteiger charge is 2.24. The Bertz CT molecular complexity index is 911. The lowest BCUT2D eigenvalue weighted by Gasteiger charge is -2.15. The van der Waals surface area contributed by atoms with Crippen LogP contribution in [0.5, 0.6) is 5.75 Å². The van der Waals surface area contributed by atoms with Crippen molar-refractivity contribution in [3.8, 4) is 23.1 Å². The molecule has 0 fully saturated rings. The largest absolute Gasteiger partial charge is 0.494 e. The van der Waals surface area contributed by atoms with Crippen LogP contribution in [0.3, 0.4) is 0 Å². The molecule has 26 heavy (non-hydrogen) atoms. The van der Waals surface area contributed by atoms with Gasteiger partial charge in [-0.3, -0.25) is 0 Å². The maximum absolute atomic E-state index is 5.54. The van der Waals surface area contributed by atoms with E-state index < -0.39 is 0 Å². The first-order valence-corrected chi connectivity index (χ1v) is 9.19. The van der Waals surface area contributed by atoms with Gasteiger partial charge in [-0.05, 0) is 30.9 Å². The minimum Gasteiger partial charge on any atom is -0.494 e. The summed E-state index contributed by atoms with van der Waals surface area (Å²) in [6.45, 7) is 5.26. The lowest BCUT2D eigenvalue weighted by Crippen LogP contribution is -2.13. The number of hydrogen-bond donors (Lipinski definition) is 0. The van der Waals surface area contributed by atoms with Gasteiger partial charge in [-0.15, -0.1) is 10.2 Å². The second-order valence-electron chi connectivity index (χ2n) is 7.08. The summed E-state index contributed by atoms with van der Waals surface area (Å²) < 4.78 is 9.57. The van der Waals surface area contributed by atoms with Crippen molar-refractivity contribution in [2.75, 3.05) is 7.11 Å². The third-order valence-electron chi connectivity index (χ3n) is 4.61. The van der Waals surface area contributed by atoms with Crippen LogP contribution in [0.25, 0.3) is 17.3 Å². The Balaban J connectivity index is 1.88. The molecule has 0 radical (unpaired) electrons. The fourth-order valence-corrected chi connectivity index (χ4v) is 3.40. The SMILES string of the molecule is COc1ccccc1-n1nc(CC(C)C)nc1-c1nnc2n1CCCC2. The Labute approximate surface area is 153 Å². The number of fused-ring (bicyclic) bond motifs is 1. The number of methoxy groups -OCH3 is 1. The Morgan fingerprint density at radius 1 is 1.12 bits per heavy atom. The van der Waals surface area contributed by atoms with Crippen molar-refractivity contribution in [2.45, 2.75) is 46.1 Å². The summed E-state index contributed by atoms with van der Waals surface area (Å²) in [6, 6.07) is 7.85. The first kappa shape index (κ1) is 16.8. The summed E-state index contributed by atoms with van der Waals surface area (Å²) in [5.41, 5.74) is 0.862. The Hall–Kier alpha value is -2.70. The fourth-order valence-electron chi connectivity index (χ4n) is 3.40. The van der Waals surface area contributed by atoms with E-state index in [1.54, 1.807) is 7.11 Å². The number of aromatic nitrogens is 6. The molecule has 1 aromatic carbocycles. The van der Waals surface area contributed by atoms with Crippen molar-refractivity contribution in [1.82, 2.24) is 29.5 Å². The molecule has 0 saturated heterocycles. The summed E-state index contributed by atoms with van der Waals surface area (Å²) in [5, 5.41) is 13.6. The van der Waals surface area contributed by atoms with Crippen LogP contribution in [-0.4, -0.2) is 36.6 Å². The van der Waals surface area contributed by atoms with Crippen molar-refractivity contribution < 1.29 is 4.74 Å². The van der Waals surface area contributed by atoms with Gasteiger partial charge in [0.25, 0.3) is 0 Å². The quantitative estimate of drug-likeness (QED) is 0.706. The van der Waals surface area contributed by atoms with Gasteiger partial charge >= 0.3 is 0 Å². The second-order valence-corrected chi connectivity index (χ2v) is 7.08. The van der Waals surface area contributed by atoms with Gasteiger partial charge in [-0.2, -0.15) is 5.10 Å².